The van der Waals surface area contributed by atoms with Gasteiger partial charge in [-0.1, -0.05) is 62.8 Å². The number of Topliss-reactive ketones (excluding diaryl/α,β-unsaturated/α-hetero) is 2. The van der Waals surface area contributed by atoms with E-state index in [1.165, 1.54) is 6.42 Å². The summed E-state index contributed by atoms with van der Waals surface area (Å²) >= 11 is 0. The number of aromatic nitrogens is 6. The number of amides is 3. The van der Waals surface area contributed by atoms with Crippen LogP contribution in [0.2, 0.25) is 0 Å². The minimum atomic E-state index is -3.59. The van der Waals surface area contributed by atoms with E-state index in [9.17, 15) is 40.8 Å². The van der Waals surface area contributed by atoms with Gasteiger partial charge in [0.2, 0.25) is 11.8 Å². The number of benzene rings is 2. The summed E-state index contributed by atoms with van der Waals surface area (Å²) in [6, 6.07) is 18.1. The summed E-state index contributed by atoms with van der Waals surface area (Å²) < 4.78 is 69.9. The van der Waals surface area contributed by atoms with Gasteiger partial charge in [0.25, 0.3) is 11.8 Å². The van der Waals surface area contributed by atoms with Crippen molar-refractivity contribution in [2.75, 3.05) is 76.4 Å². The normalized spacial score (nSPS) is 20.7. The first-order chi connectivity index (χ1) is 43.1. The number of nitrogens with zero attached hydrogens (tertiary/aromatic N) is 9. The molecule has 6 aliphatic rings. The molecule has 4 aliphatic heterocycles. The maximum absolute atomic E-state index is 13.6. The molecule has 2 saturated carbocycles. The summed E-state index contributed by atoms with van der Waals surface area (Å²) in [6.45, 7) is 19.0. The molecule has 6 aromatic rings. The third-order valence-corrected chi connectivity index (χ3v) is 19.7. The molecule has 91 heavy (non-hydrogen) atoms. The number of fused-ring (bicyclic) bond motifs is 4. The van der Waals surface area contributed by atoms with Crippen LogP contribution in [0.1, 0.15) is 166 Å². The first kappa shape index (κ1) is 65.2. The lowest BCUT2D eigenvalue weighted by atomic mass is 9.95. The fourth-order valence-electron chi connectivity index (χ4n) is 13.9. The SMILES string of the molecule is CC(C)Oc1nn(C2CCCCC2)c2nc(C(=O)CS(C)(=O)=O)cc(-c3ccc(C(=O)N4CC5CN(C(=O)OC(C)(C)C)CC5C4)cc3)c12.CC(C)Oc1nn(C2CCCCC2)c2nc(C(=O)CS(C)(=O)=O)cc(-c3ccc(C(=O)N4CC5CNCC5C4)cc3)c12. The van der Waals surface area contributed by atoms with E-state index in [0.29, 0.717) is 94.1 Å². The number of ketones is 2. The van der Waals surface area contributed by atoms with E-state index in [0.717, 1.165) is 108 Å². The number of pyridine rings is 2. The predicted molar refractivity (Wildman–Crippen MR) is 346 cm³/mol. The van der Waals surface area contributed by atoms with Gasteiger partial charge in [0.1, 0.15) is 28.5 Å². The maximum atomic E-state index is 13.6. The smallest absolute Gasteiger partial charge is 0.410 e. The first-order valence-corrected chi connectivity index (χ1v) is 36.4. The lowest BCUT2D eigenvalue weighted by Gasteiger charge is -2.26. The molecule has 4 aromatic heterocycles. The highest BCUT2D eigenvalue weighted by molar-refractivity contribution is 7.91. The van der Waals surface area contributed by atoms with Gasteiger partial charge in [-0.05, 0) is 134 Å². The zero-order valence-corrected chi connectivity index (χ0v) is 55.4. The van der Waals surface area contributed by atoms with Crippen molar-refractivity contribution in [1.82, 2.24) is 49.5 Å². The van der Waals surface area contributed by atoms with Crippen molar-refractivity contribution in [3.05, 3.63) is 83.2 Å². The second-order valence-electron chi connectivity index (χ2n) is 27.6. The Labute approximate surface area is 533 Å². The van der Waals surface area contributed by atoms with Crippen molar-refractivity contribution in [2.45, 2.75) is 143 Å². The average Bonchev–Trinajstić information content (AvgIpc) is 1.67. The third-order valence-electron chi connectivity index (χ3n) is 18.1. The molecular weight excluding hydrogens is 1200 g/mol. The van der Waals surface area contributed by atoms with Gasteiger partial charge >= 0.3 is 6.09 Å². The summed E-state index contributed by atoms with van der Waals surface area (Å²) in [6.07, 6.45) is 11.8. The minimum Gasteiger partial charge on any atom is -0.473 e. The minimum absolute atomic E-state index is 0.0220. The van der Waals surface area contributed by atoms with E-state index < -0.39 is 48.3 Å². The molecule has 24 heteroatoms. The number of hydrogen-bond acceptors (Lipinski definition) is 17. The summed E-state index contributed by atoms with van der Waals surface area (Å²) in [5, 5.41) is 14.5. The zero-order chi connectivity index (χ0) is 64.8. The van der Waals surface area contributed by atoms with Crippen LogP contribution >= 0.6 is 0 Å². The Morgan fingerprint density at radius 2 is 0.901 bits per heavy atom. The monoisotopic (exact) mass is 1290 g/mol. The fourth-order valence-corrected chi connectivity index (χ4v) is 15.2. The van der Waals surface area contributed by atoms with E-state index >= 15 is 0 Å². The van der Waals surface area contributed by atoms with Gasteiger partial charge in [0.05, 0.1) is 35.1 Å². The lowest BCUT2D eigenvalue weighted by Crippen LogP contribution is -2.38. The highest BCUT2D eigenvalue weighted by atomic mass is 32.2. The maximum Gasteiger partial charge on any atom is 0.410 e. The van der Waals surface area contributed by atoms with Crippen molar-refractivity contribution >= 4 is 71.2 Å². The molecule has 2 aromatic carbocycles. The highest BCUT2D eigenvalue weighted by Gasteiger charge is 2.45. The topological polar surface area (TPSA) is 264 Å². The van der Waals surface area contributed by atoms with E-state index in [4.69, 9.17) is 34.4 Å². The van der Waals surface area contributed by atoms with Crippen LogP contribution in [0.25, 0.3) is 44.3 Å². The summed E-state index contributed by atoms with van der Waals surface area (Å²) in [5.41, 5.74) is 4.52. The molecule has 2 aliphatic carbocycles. The number of nitrogens with one attached hydrogen (secondary N) is 1. The number of carbonyl (C=O) groups excluding carboxylic acids is 5. The Hall–Kier alpha value is -7.31. The van der Waals surface area contributed by atoms with E-state index in [-0.39, 0.29) is 65.4 Å². The average molecular weight is 1290 g/mol. The molecule has 3 amide bonds. The van der Waals surface area contributed by atoms with Crippen molar-refractivity contribution in [2.24, 2.45) is 23.7 Å². The van der Waals surface area contributed by atoms with Crippen LogP contribution in [0.5, 0.6) is 11.8 Å². The van der Waals surface area contributed by atoms with Gasteiger partial charge in [-0.3, -0.25) is 19.2 Å². The van der Waals surface area contributed by atoms with Crippen molar-refractivity contribution < 1.29 is 55.0 Å². The van der Waals surface area contributed by atoms with E-state index in [1.54, 1.807) is 29.2 Å². The summed E-state index contributed by atoms with van der Waals surface area (Å²) in [4.78, 5) is 81.0. The van der Waals surface area contributed by atoms with E-state index in [1.807, 2.05) is 104 Å². The number of sulfone groups is 2. The van der Waals surface area contributed by atoms with Crippen LogP contribution in [-0.2, 0) is 24.4 Å². The predicted octanol–water partition coefficient (Wildman–Crippen LogP) is 9.47. The molecule has 0 spiro atoms. The zero-order valence-electron chi connectivity index (χ0n) is 53.8. The van der Waals surface area contributed by atoms with Gasteiger partial charge in [-0.2, -0.15) is 0 Å². The van der Waals surface area contributed by atoms with Gasteiger partial charge in [-0.25, -0.2) is 41.0 Å². The van der Waals surface area contributed by atoms with Crippen molar-refractivity contribution in [1.29, 1.82) is 0 Å². The Kier molecular flexibility index (Phi) is 18.9. The molecule has 0 radical (unpaired) electrons. The van der Waals surface area contributed by atoms with Crippen LogP contribution in [0.15, 0.2) is 60.7 Å². The van der Waals surface area contributed by atoms with E-state index in [2.05, 4.69) is 5.32 Å². The Morgan fingerprint density at radius 1 is 0.538 bits per heavy atom. The molecule has 12 rings (SSSR count). The van der Waals surface area contributed by atoms with Crippen molar-refractivity contribution in [3.63, 3.8) is 0 Å². The molecule has 4 unspecified atom stereocenters. The largest absolute Gasteiger partial charge is 0.473 e. The van der Waals surface area contributed by atoms with Gasteiger partial charge in [-0.15, -0.1) is 10.2 Å². The number of carbonyl (C=O) groups is 5. The molecule has 488 valence electrons. The van der Waals surface area contributed by atoms with Crippen LogP contribution in [0.3, 0.4) is 0 Å². The summed E-state index contributed by atoms with van der Waals surface area (Å²) in [7, 11) is -7.15. The number of rotatable bonds is 16. The Balaban J connectivity index is 0.000000189. The molecule has 4 atom stereocenters. The highest BCUT2D eigenvalue weighted by Crippen LogP contribution is 2.43. The molecule has 4 saturated heterocycles. The summed E-state index contributed by atoms with van der Waals surface area (Å²) in [5.74, 6) is -0.227. The first-order valence-electron chi connectivity index (χ1n) is 32.2. The number of likely N-dealkylation sites (tertiary alicyclic amines) is 3. The molecule has 6 fully saturated rings. The second kappa shape index (κ2) is 26.4. The molecular formula is C67H86N10O12S2. The molecule has 8 heterocycles. The van der Waals surface area contributed by atoms with Crippen LogP contribution < -0.4 is 14.8 Å². The quantitative estimate of drug-likeness (QED) is 0.0884. The second-order valence-corrected chi connectivity index (χ2v) is 31.8. The third kappa shape index (κ3) is 15.0. The fraction of sp³-hybridized carbons (Fsp3) is 0.567. The molecule has 22 nitrogen and oxygen atoms in total. The van der Waals surface area contributed by atoms with Gasteiger partial charge in [0.15, 0.2) is 42.5 Å². The number of ether oxygens (including phenoxy) is 3. The van der Waals surface area contributed by atoms with Crippen LogP contribution in [-0.4, -0.2) is 185 Å². The molecule has 0 bridgehead atoms. The van der Waals surface area contributed by atoms with Gasteiger partial charge < -0.3 is 34.2 Å². The Morgan fingerprint density at radius 3 is 1.25 bits per heavy atom. The van der Waals surface area contributed by atoms with Gasteiger partial charge in [0, 0.05) is 99.0 Å². The Bertz CT molecular complexity index is 3950. The van der Waals surface area contributed by atoms with Crippen LogP contribution in [0, 0.1) is 23.7 Å². The van der Waals surface area contributed by atoms with Crippen LogP contribution in [0.4, 0.5) is 4.79 Å². The standard InChI is InChI=1S/C36H47N5O7S.C31H39N5O5S/c1-22(2)47-33-31-28(16-29(30(42)21-49(6,45)46)37-32(31)41(38-33)27-10-8-7-9-11-27)23-12-14-24(15-13-23)34(43)39-17-25-19-40(20-26(25)18-39)35(44)48-36(3,4)5;1-19(2)41-30-28-25(20-9-11-21(12-10-20)31(38)35-16-22-14-32-15-23(22)17-35)13-26(27(37)18-42(3,39)40)33-29(28)36(34-30)24-7-5-4-6-8-24/h12-16,22,25-27H,7-11,17-21H2,1-6H3;9-13,19,22-24,32H,4-8,14-18H2,1-3H3. The van der Waals surface area contributed by atoms with Crippen molar-refractivity contribution in [3.8, 4) is 34.0 Å². The molecule has 1 N–H and O–H groups in total. The number of hydrogen-bond donors (Lipinski definition) is 1. The lowest BCUT2D eigenvalue weighted by molar-refractivity contribution is 0.0274.